The molecule has 0 aromatic carbocycles. The summed E-state index contributed by atoms with van der Waals surface area (Å²) in [6, 6.07) is 0. The number of hydrogen-bond acceptors (Lipinski definition) is 5. The van der Waals surface area contributed by atoms with Crippen molar-refractivity contribution in [2.24, 2.45) is 0 Å². The summed E-state index contributed by atoms with van der Waals surface area (Å²) in [6.45, 7) is 5.92. The van der Waals surface area contributed by atoms with Crippen LogP contribution in [-0.4, -0.2) is 59.6 Å². The summed E-state index contributed by atoms with van der Waals surface area (Å²) >= 11 is 0. The number of amides is 1. The molecule has 0 aromatic heterocycles. The summed E-state index contributed by atoms with van der Waals surface area (Å²) in [6.07, 6.45) is 5.02. The first-order chi connectivity index (χ1) is 10.9. The van der Waals surface area contributed by atoms with E-state index in [1.165, 1.54) is 26.2 Å². The maximum Gasteiger partial charge on any atom is 0.343 e. The Labute approximate surface area is 137 Å². The average Bonchev–Trinajstić information content (AvgIpc) is 2.51. The van der Waals surface area contributed by atoms with Gasteiger partial charge in [-0.15, -0.1) is 0 Å². The number of nitrogens with zero attached hydrogens (tertiary/aromatic N) is 1. The lowest BCUT2D eigenvalue weighted by Gasteiger charge is -2.29. The summed E-state index contributed by atoms with van der Waals surface area (Å²) in [4.78, 5) is 37.5. The van der Waals surface area contributed by atoms with E-state index >= 15 is 0 Å². The number of carbonyl (C=O) groups is 3. The van der Waals surface area contributed by atoms with E-state index in [1.807, 2.05) is 0 Å². The van der Waals surface area contributed by atoms with Crippen molar-refractivity contribution in [1.29, 1.82) is 0 Å². The second-order valence-corrected chi connectivity index (χ2v) is 5.97. The predicted octanol–water partition coefficient (Wildman–Crippen LogP) is 1.17. The molecular formula is C16H28N2O5. The lowest BCUT2D eigenvalue weighted by Crippen LogP contribution is -2.60. The standard InChI is InChI=1S/C16H28N2O5/c1-3-23-15(22)16(14(20)21,17-13(2)19)9-5-8-12-18-10-6-4-7-11-18/h3-12H2,1-2H3,(H,17,19)(H,20,21). The summed E-state index contributed by atoms with van der Waals surface area (Å²) < 4.78 is 4.87. The maximum atomic E-state index is 12.1. The van der Waals surface area contributed by atoms with Crippen LogP contribution in [-0.2, 0) is 19.1 Å². The predicted molar refractivity (Wildman–Crippen MR) is 85.0 cm³/mol. The van der Waals surface area contributed by atoms with Gasteiger partial charge in [-0.1, -0.05) is 6.42 Å². The Kier molecular flexibility index (Phi) is 8.02. The Balaban J connectivity index is 2.61. The fourth-order valence-electron chi connectivity index (χ4n) is 2.93. The van der Waals surface area contributed by atoms with Crippen LogP contribution >= 0.6 is 0 Å². The molecule has 1 amide bonds. The molecule has 7 heteroatoms. The highest BCUT2D eigenvalue weighted by atomic mass is 16.5. The van der Waals surface area contributed by atoms with Crippen molar-refractivity contribution < 1.29 is 24.2 Å². The molecular weight excluding hydrogens is 300 g/mol. The first kappa shape index (κ1) is 19.4. The van der Waals surface area contributed by atoms with Crippen molar-refractivity contribution in [3.05, 3.63) is 0 Å². The molecule has 1 saturated heterocycles. The zero-order valence-corrected chi connectivity index (χ0v) is 14.1. The van der Waals surface area contributed by atoms with Gasteiger partial charge in [0.1, 0.15) is 0 Å². The quantitative estimate of drug-likeness (QED) is 0.375. The molecule has 1 aliphatic rings. The molecule has 0 spiro atoms. The van der Waals surface area contributed by atoms with Crippen LogP contribution in [0.4, 0.5) is 0 Å². The van der Waals surface area contributed by atoms with Crippen molar-refractivity contribution >= 4 is 17.8 Å². The Morgan fingerprint density at radius 1 is 1.17 bits per heavy atom. The summed E-state index contributed by atoms with van der Waals surface area (Å²) in [5.74, 6) is -2.83. The third-order valence-electron chi connectivity index (χ3n) is 4.10. The van der Waals surface area contributed by atoms with E-state index in [1.54, 1.807) is 6.92 Å². The van der Waals surface area contributed by atoms with Gasteiger partial charge in [-0.05, 0) is 58.7 Å². The zero-order chi connectivity index (χ0) is 17.3. The minimum atomic E-state index is -1.98. The number of carboxylic acid groups (broad SMARTS) is 1. The van der Waals surface area contributed by atoms with Crippen LogP contribution in [0.3, 0.4) is 0 Å². The van der Waals surface area contributed by atoms with Gasteiger partial charge in [0.05, 0.1) is 6.61 Å². The molecule has 1 unspecified atom stereocenters. The average molecular weight is 328 g/mol. The number of carboxylic acids is 1. The van der Waals surface area contributed by atoms with Crippen molar-refractivity contribution in [1.82, 2.24) is 10.2 Å². The second-order valence-electron chi connectivity index (χ2n) is 5.97. The number of aliphatic carboxylic acids is 1. The highest BCUT2D eigenvalue weighted by Gasteiger charge is 2.48. The summed E-state index contributed by atoms with van der Waals surface area (Å²) in [7, 11) is 0. The lowest BCUT2D eigenvalue weighted by molar-refractivity contribution is -0.165. The number of carbonyl (C=O) groups excluding carboxylic acids is 2. The van der Waals surface area contributed by atoms with Crippen LogP contribution in [0, 0.1) is 0 Å². The number of rotatable bonds is 9. The Morgan fingerprint density at radius 3 is 2.35 bits per heavy atom. The van der Waals surface area contributed by atoms with Gasteiger partial charge in [0.25, 0.3) is 0 Å². The molecule has 0 saturated carbocycles. The topological polar surface area (TPSA) is 95.9 Å². The number of hydrogen-bond donors (Lipinski definition) is 2. The van der Waals surface area contributed by atoms with Crippen LogP contribution in [0.15, 0.2) is 0 Å². The van der Waals surface area contributed by atoms with Crippen molar-refractivity contribution in [3.8, 4) is 0 Å². The molecule has 132 valence electrons. The molecule has 0 aliphatic carbocycles. The molecule has 23 heavy (non-hydrogen) atoms. The first-order valence-corrected chi connectivity index (χ1v) is 8.34. The highest BCUT2D eigenvalue weighted by Crippen LogP contribution is 2.19. The second kappa shape index (κ2) is 9.50. The smallest absolute Gasteiger partial charge is 0.343 e. The minimum Gasteiger partial charge on any atom is -0.479 e. The molecule has 7 nitrogen and oxygen atoms in total. The van der Waals surface area contributed by atoms with Crippen molar-refractivity contribution in [2.45, 2.75) is 57.9 Å². The third kappa shape index (κ3) is 5.82. The van der Waals surface area contributed by atoms with Gasteiger partial charge >= 0.3 is 11.9 Å². The van der Waals surface area contributed by atoms with Gasteiger partial charge in [0.15, 0.2) is 0 Å². The molecule has 1 aliphatic heterocycles. The van der Waals surface area contributed by atoms with Crippen LogP contribution in [0.1, 0.15) is 52.4 Å². The minimum absolute atomic E-state index is 0.0363. The number of likely N-dealkylation sites (tertiary alicyclic amines) is 1. The molecule has 1 fully saturated rings. The Morgan fingerprint density at radius 2 is 1.83 bits per heavy atom. The van der Waals surface area contributed by atoms with Gasteiger partial charge in [-0.3, -0.25) is 4.79 Å². The van der Waals surface area contributed by atoms with Crippen LogP contribution < -0.4 is 5.32 Å². The van der Waals surface area contributed by atoms with E-state index in [2.05, 4.69) is 10.2 Å². The number of ether oxygens (including phenoxy) is 1. The van der Waals surface area contributed by atoms with Crippen LogP contribution in [0.5, 0.6) is 0 Å². The van der Waals surface area contributed by atoms with Gasteiger partial charge in [-0.25, -0.2) is 9.59 Å². The van der Waals surface area contributed by atoms with E-state index in [9.17, 15) is 19.5 Å². The largest absolute Gasteiger partial charge is 0.479 e. The fraction of sp³-hybridized carbons (Fsp3) is 0.812. The number of unbranched alkanes of at least 4 members (excludes halogenated alkanes) is 1. The molecule has 0 aromatic rings. The van der Waals surface area contributed by atoms with E-state index in [-0.39, 0.29) is 13.0 Å². The number of piperidine rings is 1. The van der Waals surface area contributed by atoms with Gasteiger partial charge in [0, 0.05) is 6.92 Å². The van der Waals surface area contributed by atoms with Crippen LogP contribution in [0.25, 0.3) is 0 Å². The normalized spacial score (nSPS) is 18.0. The number of nitrogens with one attached hydrogen (secondary N) is 1. The number of esters is 1. The van der Waals surface area contributed by atoms with E-state index < -0.39 is 23.4 Å². The summed E-state index contributed by atoms with van der Waals surface area (Å²) in [5, 5.41) is 11.8. The zero-order valence-electron chi connectivity index (χ0n) is 14.1. The fourth-order valence-corrected chi connectivity index (χ4v) is 2.93. The van der Waals surface area contributed by atoms with E-state index in [4.69, 9.17) is 4.74 Å². The van der Waals surface area contributed by atoms with Crippen molar-refractivity contribution in [3.63, 3.8) is 0 Å². The lowest BCUT2D eigenvalue weighted by atomic mass is 9.92. The first-order valence-electron chi connectivity index (χ1n) is 8.34. The Bertz CT molecular complexity index is 421. The molecule has 1 rings (SSSR count). The van der Waals surface area contributed by atoms with Crippen LogP contribution in [0.2, 0.25) is 0 Å². The molecule has 1 heterocycles. The maximum absolute atomic E-state index is 12.1. The highest BCUT2D eigenvalue weighted by molar-refractivity contribution is 6.06. The Hall–Kier alpha value is -1.63. The molecule has 1 atom stereocenters. The van der Waals surface area contributed by atoms with E-state index in [0.29, 0.717) is 6.42 Å². The molecule has 0 bridgehead atoms. The van der Waals surface area contributed by atoms with Gasteiger partial charge < -0.3 is 20.1 Å². The third-order valence-corrected chi connectivity index (χ3v) is 4.10. The SMILES string of the molecule is CCOC(=O)C(CCCCN1CCCCC1)(NC(C)=O)C(=O)O. The van der Waals surface area contributed by atoms with Crippen molar-refractivity contribution in [2.75, 3.05) is 26.2 Å². The molecule has 0 radical (unpaired) electrons. The summed E-state index contributed by atoms with van der Waals surface area (Å²) in [5.41, 5.74) is -1.98. The van der Waals surface area contributed by atoms with Gasteiger partial charge in [0.2, 0.25) is 11.4 Å². The van der Waals surface area contributed by atoms with Gasteiger partial charge in [-0.2, -0.15) is 0 Å². The van der Waals surface area contributed by atoms with E-state index in [0.717, 1.165) is 26.1 Å². The molecule has 2 N–H and O–H groups in total. The monoisotopic (exact) mass is 328 g/mol.